The molecule has 0 saturated heterocycles. The summed E-state index contributed by atoms with van der Waals surface area (Å²) >= 11 is 11.5. The molecule has 0 saturated carbocycles. The summed E-state index contributed by atoms with van der Waals surface area (Å²) in [4.78, 5) is -0.165. The Morgan fingerprint density at radius 1 is 1.27 bits per heavy atom. The first-order valence-electron chi connectivity index (χ1n) is 4.03. The van der Waals surface area contributed by atoms with E-state index in [1.54, 1.807) is 6.07 Å². The fraction of sp³-hybridized carbons (Fsp3) is 0.250. The molecule has 0 heterocycles. The van der Waals surface area contributed by atoms with Crippen molar-refractivity contribution < 1.29 is 13.5 Å². The van der Waals surface area contributed by atoms with Crippen molar-refractivity contribution in [2.45, 2.75) is 4.90 Å². The van der Waals surface area contributed by atoms with Crippen LogP contribution in [0.5, 0.6) is 0 Å². The lowest BCUT2D eigenvalue weighted by molar-refractivity contribution is 0.301. The molecule has 2 N–H and O–H groups in total. The van der Waals surface area contributed by atoms with Crippen molar-refractivity contribution in [2.24, 2.45) is 0 Å². The lowest BCUT2D eigenvalue weighted by Gasteiger charge is -2.08. The molecule has 1 aromatic carbocycles. The minimum atomic E-state index is -3.76. The molecule has 0 atom stereocenters. The second kappa shape index (κ2) is 5.14. The van der Waals surface area contributed by atoms with Gasteiger partial charge in [-0.05, 0) is 12.1 Å². The Bertz CT molecular complexity index is 427. The van der Waals surface area contributed by atoms with Gasteiger partial charge in [-0.1, -0.05) is 29.3 Å². The SMILES string of the molecule is O=S(=O)(NCCO)c1c(Cl)cccc1Cl. The molecule has 1 rings (SSSR count). The van der Waals surface area contributed by atoms with Gasteiger partial charge < -0.3 is 5.11 Å². The van der Waals surface area contributed by atoms with Crippen molar-refractivity contribution in [3.05, 3.63) is 28.2 Å². The van der Waals surface area contributed by atoms with E-state index in [0.29, 0.717) is 0 Å². The van der Waals surface area contributed by atoms with E-state index in [2.05, 4.69) is 4.72 Å². The van der Waals surface area contributed by atoms with Gasteiger partial charge in [0.2, 0.25) is 10.0 Å². The van der Waals surface area contributed by atoms with Crippen molar-refractivity contribution in [3.8, 4) is 0 Å². The summed E-state index contributed by atoms with van der Waals surface area (Å²) in [5.74, 6) is 0. The molecule has 7 heteroatoms. The highest BCUT2D eigenvalue weighted by molar-refractivity contribution is 7.89. The highest BCUT2D eigenvalue weighted by Crippen LogP contribution is 2.28. The highest BCUT2D eigenvalue weighted by Gasteiger charge is 2.20. The quantitative estimate of drug-likeness (QED) is 0.865. The maximum atomic E-state index is 11.6. The summed E-state index contributed by atoms with van der Waals surface area (Å²) in [6.45, 7) is -0.370. The van der Waals surface area contributed by atoms with Crippen molar-refractivity contribution in [3.63, 3.8) is 0 Å². The summed E-state index contributed by atoms with van der Waals surface area (Å²) in [5.41, 5.74) is 0. The van der Waals surface area contributed by atoms with Gasteiger partial charge in [-0.25, -0.2) is 13.1 Å². The largest absolute Gasteiger partial charge is 0.395 e. The zero-order valence-electron chi connectivity index (χ0n) is 7.57. The van der Waals surface area contributed by atoms with E-state index in [4.69, 9.17) is 28.3 Å². The molecule has 84 valence electrons. The summed E-state index contributed by atoms with van der Waals surface area (Å²) in [6.07, 6.45) is 0. The summed E-state index contributed by atoms with van der Waals surface area (Å²) < 4.78 is 25.4. The number of sulfonamides is 1. The van der Waals surface area contributed by atoms with Gasteiger partial charge in [0.15, 0.2) is 0 Å². The van der Waals surface area contributed by atoms with Gasteiger partial charge in [-0.15, -0.1) is 0 Å². The smallest absolute Gasteiger partial charge is 0.243 e. The molecule has 0 aliphatic heterocycles. The van der Waals surface area contributed by atoms with Gasteiger partial charge >= 0.3 is 0 Å². The van der Waals surface area contributed by atoms with Crippen LogP contribution in [0.3, 0.4) is 0 Å². The molecule has 0 spiro atoms. The first kappa shape index (κ1) is 12.7. The molecule has 15 heavy (non-hydrogen) atoms. The molecule has 0 aliphatic rings. The Kier molecular flexibility index (Phi) is 4.36. The van der Waals surface area contributed by atoms with Crippen molar-refractivity contribution >= 4 is 33.2 Å². The van der Waals surface area contributed by atoms with Crippen LogP contribution in [-0.2, 0) is 10.0 Å². The molecule has 0 bridgehead atoms. The van der Waals surface area contributed by atoms with Crippen molar-refractivity contribution in [1.82, 2.24) is 4.72 Å². The van der Waals surface area contributed by atoms with Crippen LogP contribution in [0.25, 0.3) is 0 Å². The molecule has 0 unspecified atom stereocenters. The topological polar surface area (TPSA) is 66.4 Å². The van der Waals surface area contributed by atoms with E-state index < -0.39 is 10.0 Å². The number of halogens is 2. The molecule has 0 fully saturated rings. The van der Waals surface area contributed by atoms with Crippen LogP contribution in [0.15, 0.2) is 23.1 Å². The zero-order valence-corrected chi connectivity index (χ0v) is 9.90. The first-order chi connectivity index (χ1) is 6.99. The minimum Gasteiger partial charge on any atom is -0.395 e. The summed E-state index contributed by atoms with van der Waals surface area (Å²) in [6, 6.07) is 4.41. The van der Waals surface area contributed by atoms with Crippen LogP contribution >= 0.6 is 23.2 Å². The Hall–Kier alpha value is -0.330. The average Bonchev–Trinajstić information content (AvgIpc) is 2.14. The van der Waals surface area contributed by atoms with E-state index in [1.165, 1.54) is 12.1 Å². The molecular weight excluding hydrogens is 261 g/mol. The van der Waals surface area contributed by atoms with Crippen molar-refractivity contribution in [2.75, 3.05) is 13.2 Å². The predicted octanol–water partition coefficient (Wildman–Crippen LogP) is 1.26. The minimum absolute atomic E-state index is 0.0490. The normalized spacial score (nSPS) is 11.7. The van der Waals surface area contributed by atoms with E-state index >= 15 is 0 Å². The van der Waals surface area contributed by atoms with Crippen LogP contribution in [0.2, 0.25) is 10.0 Å². The number of nitrogens with one attached hydrogen (secondary N) is 1. The molecule has 0 radical (unpaired) electrons. The maximum absolute atomic E-state index is 11.6. The number of benzene rings is 1. The van der Waals surface area contributed by atoms with Gasteiger partial charge in [0.25, 0.3) is 0 Å². The van der Waals surface area contributed by atoms with Crippen LogP contribution in [-0.4, -0.2) is 26.7 Å². The average molecular weight is 270 g/mol. The lowest BCUT2D eigenvalue weighted by atomic mass is 10.4. The third-order valence-corrected chi connectivity index (χ3v) is 4.01. The van der Waals surface area contributed by atoms with Gasteiger partial charge in [0.1, 0.15) is 4.90 Å². The van der Waals surface area contributed by atoms with Crippen LogP contribution in [0.1, 0.15) is 0 Å². The predicted molar refractivity (Wildman–Crippen MR) is 58.7 cm³/mol. The van der Waals surface area contributed by atoms with Gasteiger partial charge in [-0.2, -0.15) is 0 Å². The second-order valence-corrected chi connectivity index (χ2v) is 5.19. The van der Waals surface area contributed by atoms with Crippen LogP contribution in [0, 0.1) is 0 Å². The number of aliphatic hydroxyl groups excluding tert-OH is 1. The molecule has 1 aromatic rings. The Morgan fingerprint density at radius 2 is 1.80 bits per heavy atom. The maximum Gasteiger partial charge on any atom is 0.243 e. The number of hydrogen-bond donors (Lipinski definition) is 2. The molecule has 0 aromatic heterocycles. The first-order valence-corrected chi connectivity index (χ1v) is 6.27. The number of hydrogen-bond acceptors (Lipinski definition) is 3. The van der Waals surface area contributed by atoms with E-state index in [1.807, 2.05) is 0 Å². The Labute approximate surface area is 97.9 Å². The van der Waals surface area contributed by atoms with Crippen LogP contribution < -0.4 is 4.72 Å². The van der Waals surface area contributed by atoms with E-state index in [-0.39, 0.29) is 28.1 Å². The Balaban J connectivity index is 3.15. The van der Waals surface area contributed by atoms with Crippen LogP contribution in [0.4, 0.5) is 0 Å². The number of rotatable bonds is 4. The Morgan fingerprint density at radius 3 is 2.27 bits per heavy atom. The second-order valence-electron chi connectivity index (χ2n) is 2.67. The van der Waals surface area contributed by atoms with E-state index in [0.717, 1.165) is 0 Å². The standard InChI is InChI=1S/C8H9Cl2NO3S/c9-6-2-1-3-7(10)8(6)15(13,14)11-4-5-12/h1-3,11-12H,4-5H2. The molecular formula is C8H9Cl2NO3S. The summed E-state index contributed by atoms with van der Waals surface area (Å²) in [5, 5.41) is 8.62. The van der Waals surface area contributed by atoms with Gasteiger partial charge in [-0.3, -0.25) is 0 Å². The van der Waals surface area contributed by atoms with E-state index in [9.17, 15) is 8.42 Å². The molecule has 4 nitrogen and oxygen atoms in total. The third-order valence-electron chi connectivity index (χ3n) is 1.59. The lowest BCUT2D eigenvalue weighted by Crippen LogP contribution is -2.27. The van der Waals surface area contributed by atoms with Crippen molar-refractivity contribution in [1.29, 1.82) is 0 Å². The van der Waals surface area contributed by atoms with Gasteiger partial charge in [0.05, 0.1) is 16.7 Å². The summed E-state index contributed by atoms with van der Waals surface area (Å²) in [7, 11) is -3.76. The highest BCUT2D eigenvalue weighted by atomic mass is 35.5. The fourth-order valence-corrected chi connectivity index (χ4v) is 3.15. The monoisotopic (exact) mass is 269 g/mol. The molecule has 0 aliphatic carbocycles. The number of aliphatic hydroxyl groups is 1. The zero-order chi connectivity index (χ0) is 11.5. The third kappa shape index (κ3) is 3.06. The van der Waals surface area contributed by atoms with Gasteiger partial charge in [0, 0.05) is 6.54 Å². The fourth-order valence-electron chi connectivity index (χ4n) is 0.991. The molecule has 0 amide bonds.